The quantitative estimate of drug-likeness (QED) is 0.863. The molecule has 2 bridgehead atoms. The second-order valence-electron chi connectivity index (χ2n) is 8.24. The minimum atomic E-state index is 0.103. The first-order valence-corrected chi connectivity index (χ1v) is 8.74. The minimum absolute atomic E-state index is 0.103. The molecule has 0 heterocycles. The van der Waals surface area contributed by atoms with E-state index in [1.54, 1.807) is 6.92 Å². The Bertz CT molecular complexity index is 410. The number of rotatable bonds is 3. The van der Waals surface area contributed by atoms with Crippen molar-refractivity contribution in [3.63, 3.8) is 0 Å². The molecule has 0 aromatic carbocycles. The molecule has 0 spiro atoms. The fourth-order valence-corrected chi connectivity index (χ4v) is 4.69. The van der Waals surface area contributed by atoms with Gasteiger partial charge in [0.1, 0.15) is 5.78 Å². The topological polar surface area (TPSA) is 46.2 Å². The standard InChI is InChI=1S/C18H29NO2/c1-13(20)14-3-5-15(6-4-14)16(21)19-18-10-7-17(2,8-11-18)9-12-18/h14-15H,3-12H2,1-2H3,(H,19,21). The van der Waals surface area contributed by atoms with E-state index in [0.717, 1.165) is 44.9 Å². The molecule has 0 aromatic heterocycles. The molecule has 4 fully saturated rings. The zero-order valence-electron chi connectivity index (χ0n) is 13.5. The van der Waals surface area contributed by atoms with Crippen LogP contribution in [-0.4, -0.2) is 17.2 Å². The number of carbonyl (C=O) groups is 2. The molecule has 4 aliphatic rings. The van der Waals surface area contributed by atoms with Crippen LogP contribution in [0.15, 0.2) is 0 Å². The summed E-state index contributed by atoms with van der Waals surface area (Å²) in [6, 6.07) is 0. The molecule has 3 heteroatoms. The number of fused-ring (bicyclic) bond motifs is 3. The molecule has 1 N–H and O–H groups in total. The molecule has 0 aromatic rings. The Hall–Kier alpha value is -0.860. The third-order valence-electron chi connectivity index (χ3n) is 6.68. The lowest BCUT2D eigenvalue weighted by Gasteiger charge is -2.52. The monoisotopic (exact) mass is 291 g/mol. The van der Waals surface area contributed by atoms with E-state index in [1.807, 2.05) is 0 Å². The number of hydrogen-bond acceptors (Lipinski definition) is 2. The second-order valence-corrected chi connectivity index (χ2v) is 8.24. The minimum Gasteiger partial charge on any atom is -0.350 e. The van der Waals surface area contributed by atoms with Crippen molar-refractivity contribution in [3.05, 3.63) is 0 Å². The average Bonchev–Trinajstić information content (AvgIpc) is 2.49. The Morgan fingerprint density at radius 2 is 1.33 bits per heavy atom. The van der Waals surface area contributed by atoms with Gasteiger partial charge in [-0.1, -0.05) is 6.92 Å². The van der Waals surface area contributed by atoms with E-state index in [-0.39, 0.29) is 23.3 Å². The van der Waals surface area contributed by atoms with Crippen molar-refractivity contribution in [2.24, 2.45) is 17.3 Å². The van der Waals surface area contributed by atoms with Gasteiger partial charge in [0, 0.05) is 17.4 Å². The molecule has 4 aliphatic carbocycles. The Kier molecular flexibility index (Phi) is 3.87. The highest BCUT2D eigenvalue weighted by Crippen LogP contribution is 2.52. The van der Waals surface area contributed by atoms with Crippen molar-refractivity contribution in [2.45, 2.75) is 83.6 Å². The Balaban J connectivity index is 1.54. The van der Waals surface area contributed by atoms with E-state index in [2.05, 4.69) is 12.2 Å². The van der Waals surface area contributed by atoms with Crippen LogP contribution in [0.4, 0.5) is 0 Å². The predicted molar refractivity (Wildman–Crippen MR) is 82.8 cm³/mol. The van der Waals surface area contributed by atoms with Gasteiger partial charge in [-0.15, -0.1) is 0 Å². The van der Waals surface area contributed by atoms with Gasteiger partial charge in [0.05, 0.1) is 0 Å². The van der Waals surface area contributed by atoms with Crippen molar-refractivity contribution in [2.75, 3.05) is 0 Å². The number of carbonyl (C=O) groups excluding carboxylic acids is 2. The number of ketones is 1. The summed E-state index contributed by atoms with van der Waals surface area (Å²) in [6.07, 6.45) is 10.9. The molecule has 3 nitrogen and oxygen atoms in total. The van der Waals surface area contributed by atoms with Crippen LogP contribution in [0.2, 0.25) is 0 Å². The molecular formula is C18H29NO2. The lowest BCUT2D eigenvalue weighted by Crippen LogP contribution is -2.57. The first-order chi connectivity index (χ1) is 9.91. The van der Waals surface area contributed by atoms with Gasteiger partial charge in [0.25, 0.3) is 0 Å². The van der Waals surface area contributed by atoms with Gasteiger partial charge < -0.3 is 5.32 Å². The molecule has 4 rings (SSSR count). The smallest absolute Gasteiger partial charge is 0.223 e. The van der Waals surface area contributed by atoms with Crippen LogP contribution in [0.1, 0.15) is 78.1 Å². The Morgan fingerprint density at radius 1 is 0.857 bits per heavy atom. The molecule has 0 unspecified atom stereocenters. The SMILES string of the molecule is CC(=O)C1CCC(C(=O)NC23CCC(C)(CC2)CC3)CC1. The van der Waals surface area contributed by atoms with Gasteiger partial charge >= 0.3 is 0 Å². The lowest BCUT2D eigenvalue weighted by molar-refractivity contribution is -0.132. The summed E-state index contributed by atoms with van der Waals surface area (Å²) in [4.78, 5) is 24.0. The van der Waals surface area contributed by atoms with E-state index in [4.69, 9.17) is 0 Å². The zero-order chi connectivity index (χ0) is 15.1. The average molecular weight is 291 g/mol. The van der Waals surface area contributed by atoms with E-state index in [9.17, 15) is 9.59 Å². The highest BCUT2D eigenvalue weighted by atomic mass is 16.2. The summed E-state index contributed by atoms with van der Waals surface area (Å²) in [5.74, 6) is 0.913. The van der Waals surface area contributed by atoms with E-state index >= 15 is 0 Å². The summed E-state index contributed by atoms with van der Waals surface area (Å²) in [6.45, 7) is 4.09. The van der Waals surface area contributed by atoms with Crippen LogP contribution < -0.4 is 5.32 Å². The third-order valence-corrected chi connectivity index (χ3v) is 6.68. The van der Waals surface area contributed by atoms with E-state index in [0.29, 0.717) is 11.2 Å². The molecule has 4 saturated carbocycles. The van der Waals surface area contributed by atoms with E-state index < -0.39 is 0 Å². The van der Waals surface area contributed by atoms with Crippen molar-refractivity contribution in [1.29, 1.82) is 0 Å². The van der Waals surface area contributed by atoms with Crippen LogP contribution in [0.5, 0.6) is 0 Å². The Morgan fingerprint density at radius 3 is 1.81 bits per heavy atom. The van der Waals surface area contributed by atoms with Crippen LogP contribution in [0, 0.1) is 17.3 Å². The molecular weight excluding hydrogens is 262 g/mol. The largest absolute Gasteiger partial charge is 0.350 e. The predicted octanol–water partition coefficient (Wildman–Crippen LogP) is 3.61. The molecule has 1 amide bonds. The summed E-state index contributed by atoms with van der Waals surface area (Å²) in [5, 5.41) is 3.43. The second kappa shape index (κ2) is 5.40. The van der Waals surface area contributed by atoms with Gasteiger partial charge in [-0.2, -0.15) is 0 Å². The van der Waals surface area contributed by atoms with Gasteiger partial charge in [-0.05, 0) is 76.5 Å². The third kappa shape index (κ3) is 3.02. The highest BCUT2D eigenvalue weighted by molar-refractivity contribution is 5.81. The number of hydrogen-bond donors (Lipinski definition) is 1. The van der Waals surface area contributed by atoms with Gasteiger partial charge in [-0.3, -0.25) is 9.59 Å². The van der Waals surface area contributed by atoms with E-state index in [1.165, 1.54) is 19.3 Å². The van der Waals surface area contributed by atoms with Crippen LogP contribution in [0.25, 0.3) is 0 Å². The van der Waals surface area contributed by atoms with Gasteiger partial charge in [0.15, 0.2) is 0 Å². The number of amides is 1. The number of Topliss-reactive ketones (excluding diaryl/α,β-unsaturated/α-hetero) is 1. The first-order valence-electron chi connectivity index (χ1n) is 8.74. The van der Waals surface area contributed by atoms with Crippen molar-refractivity contribution < 1.29 is 9.59 Å². The van der Waals surface area contributed by atoms with Crippen LogP contribution in [-0.2, 0) is 9.59 Å². The first kappa shape index (κ1) is 15.1. The molecule has 0 atom stereocenters. The van der Waals surface area contributed by atoms with Crippen LogP contribution in [0.3, 0.4) is 0 Å². The maximum absolute atomic E-state index is 12.6. The van der Waals surface area contributed by atoms with Crippen LogP contribution >= 0.6 is 0 Å². The summed E-state index contributed by atoms with van der Waals surface area (Å²) < 4.78 is 0. The maximum atomic E-state index is 12.6. The summed E-state index contributed by atoms with van der Waals surface area (Å²) >= 11 is 0. The molecule has 0 saturated heterocycles. The fraction of sp³-hybridized carbons (Fsp3) is 0.889. The molecule has 0 aliphatic heterocycles. The Labute approximate surface area is 128 Å². The number of nitrogens with one attached hydrogen (secondary N) is 1. The van der Waals surface area contributed by atoms with Crippen molar-refractivity contribution >= 4 is 11.7 Å². The van der Waals surface area contributed by atoms with Gasteiger partial charge in [0.2, 0.25) is 5.91 Å². The van der Waals surface area contributed by atoms with Gasteiger partial charge in [-0.25, -0.2) is 0 Å². The lowest BCUT2D eigenvalue weighted by atomic mass is 9.58. The summed E-state index contributed by atoms with van der Waals surface area (Å²) in [7, 11) is 0. The normalized spacial score (nSPS) is 42.6. The highest BCUT2D eigenvalue weighted by Gasteiger charge is 2.47. The fourth-order valence-electron chi connectivity index (χ4n) is 4.69. The molecule has 118 valence electrons. The summed E-state index contributed by atoms with van der Waals surface area (Å²) in [5.41, 5.74) is 0.651. The maximum Gasteiger partial charge on any atom is 0.223 e. The molecule has 0 radical (unpaired) electrons. The van der Waals surface area contributed by atoms with Crippen molar-refractivity contribution in [1.82, 2.24) is 5.32 Å². The van der Waals surface area contributed by atoms with Crippen molar-refractivity contribution in [3.8, 4) is 0 Å². The zero-order valence-corrected chi connectivity index (χ0v) is 13.5. The molecule has 21 heavy (non-hydrogen) atoms.